The second kappa shape index (κ2) is 9.30. The molecule has 30 heavy (non-hydrogen) atoms. The number of furan rings is 1. The Morgan fingerprint density at radius 2 is 1.93 bits per heavy atom. The van der Waals surface area contributed by atoms with Gasteiger partial charge in [-0.1, -0.05) is 0 Å². The van der Waals surface area contributed by atoms with E-state index in [1.54, 1.807) is 6.26 Å². The monoisotopic (exact) mass is 430 g/mol. The number of alkyl halides is 3. The number of halogens is 3. The summed E-state index contributed by atoms with van der Waals surface area (Å²) >= 11 is 0. The van der Waals surface area contributed by atoms with Crippen molar-refractivity contribution in [3.63, 3.8) is 0 Å². The zero-order chi connectivity index (χ0) is 21.7. The van der Waals surface area contributed by atoms with Gasteiger partial charge in [0, 0.05) is 43.9 Å². The van der Waals surface area contributed by atoms with Crippen LogP contribution < -0.4 is 0 Å². The average Bonchev–Trinajstić information content (AvgIpc) is 3.37. The van der Waals surface area contributed by atoms with Gasteiger partial charge in [0.1, 0.15) is 5.76 Å². The number of carbonyl (C=O) groups is 2. The largest absolute Gasteiger partial charge is 0.490 e. The molecule has 4 heterocycles. The highest BCUT2D eigenvalue weighted by Gasteiger charge is 2.38. The van der Waals surface area contributed by atoms with Crippen LogP contribution in [0.5, 0.6) is 0 Å². The molecule has 0 unspecified atom stereocenters. The fraction of sp³-hybridized carbons (Fsp3) is 0.500. The molecule has 164 valence electrons. The number of amides is 1. The summed E-state index contributed by atoms with van der Waals surface area (Å²) in [5, 5.41) is 14.5. The van der Waals surface area contributed by atoms with Crippen LogP contribution in [0.1, 0.15) is 27.5 Å². The summed E-state index contributed by atoms with van der Waals surface area (Å²) in [7, 11) is 0. The van der Waals surface area contributed by atoms with Crippen molar-refractivity contribution in [3.8, 4) is 0 Å². The number of hydrogen-bond donors (Lipinski definition) is 2. The lowest BCUT2D eigenvalue weighted by Gasteiger charge is -2.28. The zero-order valence-electron chi connectivity index (χ0n) is 15.9. The number of carboxylic acid groups (broad SMARTS) is 1. The number of nitrogens with one attached hydrogen (secondary N) is 1. The molecule has 0 spiro atoms. The van der Waals surface area contributed by atoms with Crippen molar-refractivity contribution < 1.29 is 37.0 Å². The third-order valence-corrected chi connectivity index (χ3v) is 4.72. The Kier molecular flexibility index (Phi) is 6.77. The normalized spacial score (nSPS) is 17.1. The molecule has 2 aromatic heterocycles. The minimum Gasteiger partial charge on any atom is -0.475 e. The number of morpholine rings is 1. The van der Waals surface area contributed by atoms with Crippen molar-refractivity contribution in [2.45, 2.75) is 25.7 Å². The predicted molar refractivity (Wildman–Crippen MR) is 95.5 cm³/mol. The molecule has 4 rings (SSSR count). The Morgan fingerprint density at radius 1 is 1.23 bits per heavy atom. The van der Waals surface area contributed by atoms with Gasteiger partial charge in [-0.25, -0.2) is 4.79 Å². The maximum Gasteiger partial charge on any atom is 0.490 e. The SMILES string of the molecule is O=C(O)C(F)(F)F.O=C(c1n[nH]c2c1CN(Cc1ccco1)CC2)N1CCOCC1. The number of fused-ring (bicyclic) bond motifs is 1. The molecular weight excluding hydrogens is 409 g/mol. The number of aromatic amines is 1. The van der Waals surface area contributed by atoms with Gasteiger partial charge in [0.15, 0.2) is 5.69 Å². The lowest BCUT2D eigenvalue weighted by atomic mass is 10.0. The molecule has 0 atom stereocenters. The number of ether oxygens (including phenoxy) is 1. The topological polar surface area (TPSA) is 112 Å². The maximum absolute atomic E-state index is 12.7. The van der Waals surface area contributed by atoms with Gasteiger partial charge in [0.25, 0.3) is 5.91 Å². The summed E-state index contributed by atoms with van der Waals surface area (Å²) in [6.45, 7) is 4.88. The van der Waals surface area contributed by atoms with Crippen LogP contribution in [-0.2, 0) is 29.0 Å². The third kappa shape index (κ3) is 5.39. The van der Waals surface area contributed by atoms with Crippen molar-refractivity contribution in [1.29, 1.82) is 0 Å². The summed E-state index contributed by atoms with van der Waals surface area (Å²) < 4.78 is 42.5. The number of aliphatic carboxylic acids is 1. The summed E-state index contributed by atoms with van der Waals surface area (Å²) in [5.41, 5.74) is 2.67. The van der Waals surface area contributed by atoms with E-state index in [4.69, 9.17) is 19.1 Å². The fourth-order valence-corrected chi connectivity index (χ4v) is 3.20. The fourth-order valence-electron chi connectivity index (χ4n) is 3.20. The Balaban J connectivity index is 0.000000318. The van der Waals surface area contributed by atoms with E-state index < -0.39 is 12.1 Å². The summed E-state index contributed by atoms with van der Waals surface area (Å²) in [6.07, 6.45) is -2.52. The van der Waals surface area contributed by atoms with Crippen molar-refractivity contribution in [2.24, 2.45) is 0 Å². The molecule has 9 nitrogen and oxygen atoms in total. The van der Waals surface area contributed by atoms with E-state index in [1.807, 2.05) is 17.0 Å². The minimum absolute atomic E-state index is 0.00523. The Morgan fingerprint density at radius 3 is 2.53 bits per heavy atom. The van der Waals surface area contributed by atoms with E-state index in [0.29, 0.717) is 32.0 Å². The van der Waals surface area contributed by atoms with Crippen LogP contribution in [0.25, 0.3) is 0 Å². The van der Waals surface area contributed by atoms with E-state index in [2.05, 4.69) is 15.1 Å². The van der Waals surface area contributed by atoms with Crippen molar-refractivity contribution >= 4 is 11.9 Å². The number of H-pyrrole nitrogens is 1. The van der Waals surface area contributed by atoms with Crippen LogP contribution in [0.15, 0.2) is 22.8 Å². The van der Waals surface area contributed by atoms with Gasteiger partial charge in [-0.05, 0) is 12.1 Å². The Hall–Kier alpha value is -2.86. The first-order valence-corrected chi connectivity index (χ1v) is 9.23. The van der Waals surface area contributed by atoms with Crippen LogP contribution in [-0.4, -0.2) is 76.0 Å². The summed E-state index contributed by atoms with van der Waals surface area (Å²) in [5.74, 6) is -1.81. The second-order valence-corrected chi connectivity index (χ2v) is 6.78. The third-order valence-electron chi connectivity index (χ3n) is 4.72. The van der Waals surface area contributed by atoms with Gasteiger partial charge in [-0.2, -0.15) is 18.3 Å². The van der Waals surface area contributed by atoms with Gasteiger partial charge < -0.3 is 19.2 Å². The molecule has 2 aliphatic rings. The number of carbonyl (C=O) groups excluding carboxylic acids is 1. The van der Waals surface area contributed by atoms with Gasteiger partial charge in [0.2, 0.25) is 0 Å². The molecule has 0 saturated carbocycles. The van der Waals surface area contributed by atoms with Crippen LogP contribution in [0.3, 0.4) is 0 Å². The summed E-state index contributed by atoms with van der Waals surface area (Å²) in [6, 6.07) is 3.88. The first kappa shape index (κ1) is 21.8. The standard InChI is InChI=1S/C16H20N4O3.C2HF3O2/c21-16(20-5-8-22-9-6-20)15-13-11-19(4-3-14(13)17-18-15)10-12-2-1-7-23-12;3-2(4,5)1(6)7/h1-2,7H,3-6,8-11H2,(H,17,18);(H,6,7). The highest BCUT2D eigenvalue weighted by molar-refractivity contribution is 5.94. The number of carboxylic acids is 1. The van der Waals surface area contributed by atoms with Crippen LogP contribution in [0, 0.1) is 0 Å². The Labute approximate surface area is 169 Å². The molecule has 12 heteroatoms. The Bertz CT molecular complexity index is 860. The molecule has 0 aliphatic carbocycles. The molecule has 1 amide bonds. The van der Waals surface area contributed by atoms with Crippen LogP contribution >= 0.6 is 0 Å². The molecule has 1 fully saturated rings. The van der Waals surface area contributed by atoms with Gasteiger partial charge in [-0.15, -0.1) is 0 Å². The van der Waals surface area contributed by atoms with Crippen molar-refractivity contribution in [2.75, 3.05) is 32.8 Å². The number of rotatable bonds is 3. The molecule has 2 N–H and O–H groups in total. The van der Waals surface area contributed by atoms with E-state index in [-0.39, 0.29) is 5.91 Å². The average molecular weight is 430 g/mol. The van der Waals surface area contributed by atoms with E-state index in [9.17, 15) is 18.0 Å². The number of hydrogen-bond acceptors (Lipinski definition) is 6. The molecule has 0 aromatic carbocycles. The molecule has 1 saturated heterocycles. The van der Waals surface area contributed by atoms with Crippen LogP contribution in [0.2, 0.25) is 0 Å². The molecule has 0 radical (unpaired) electrons. The first-order valence-electron chi connectivity index (χ1n) is 9.23. The molecular formula is C18H21F3N4O5. The smallest absolute Gasteiger partial charge is 0.475 e. The van der Waals surface area contributed by atoms with Gasteiger partial charge >= 0.3 is 12.1 Å². The van der Waals surface area contributed by atoms with Crippen molar-refractivity contribution in [3.05, 3.63) is 41.1 Å². The number of aromatic nitrogens is 2. The minimum atomic E-state index is -5.08. The summed E-state index contributed by atoms with van der Waals surface area (Å²) in [4.78, 5) is 25.7. The van der Waals surface area contributed by atoms with E-state index in [0.717, 1.165) is 43.1 Å². The zero-order valence-corrected chi connectivity index (χ0v) is 15.9. The molecule has 0 bridgehead atoms. The predicted octanol–water partition coefficient (Wildman–Crippen LogP) is 1.67. The first-order chi connectivity index (χ1) is 14.3. The highest BCUT2D eigenvalue weighted by Crippen LogP contribution is 2.23. The van der Waals surface area contributed by atoms with E-state index >= 15 is 0 Å². The molecule has 2 aromatic rings. The maximum atomic E-state index is 12.7. The highest BCUT2D eigenvalue weighted by atomic mass is 19.4. The quantitative estimate of drug-likeness (QED) is 0.762. The van der Waals surface area contributed by atoms with Crippen molar-refractivity contribution in [1.82, 2.24) is 20.0 Å². The van der Waals surface area contributed by atoms with Gasteiger partial charge in [-0.3, -0.25) is 14.8 Å². The van der Waals surface area contributed by atoms with Gasteiger partial charge in [0.05, 0.1) is 26.0 Å². The number of nitrogens with zero attached hydrogens (tertiary/aromatic N) is 3. The lowest BCUT2D eigenvalue weighted by Crippen LogP contribution is -2.41. The second-order valence-electron chi connectivity index (χ2n) is 6.78. The van der Waals surface area contributed by atoms with Crippen LogP contribution in [0.4, 0.5) is 13.2 Å². The lowest BCUT2D eigenvalue weighted by molar-refractivity contribution is -0.192. The molecule has 2 aliphatic heterocycles. The van der Waals surface area contributed by atoms with E-state index in [1.165, 1.54) is 0 Å².